The van der Waals surface area contributed by atoms with Crippen molar-refractivity contribution in [3.05, 3.63) is 42.9 Å². The van der Waals surface area contributed by atoms with Crippen molar-refractivity contribution in [2.45, 2.75) is 12.8 Å². The molecule has 1 N–H and O–H groups in total. The van der Waals surface area contributed by atoms with Crippen molar-refractivity contribution in [2.75, 3.05) is 38.3 Å². The zero-order chi connectivity index (χ0) is 18.2. The standard InChI is InChI=1S/C19H24N4O3/c1-25-16-3-2-4-17(11-16)26-14-19(24)22-12-15-5-9-23(10-6-15)18-13-20-7-8-21-18/h2-4,7-8,11,13,15H,5-6,9-10,12,14H2,1H3,(H,22,24). The van der Waals surface area contributed by atoms with Gasteiger partial charge in [-0.25, -0.2) is 4.98 Å². The number of rotatable bonds is 7. The van der Waals surface area contributed by atoms with Crippen LogP contribution in [0.4, 0.5) is 5.82 Å². The maximum atomic E-state index is 12.0. The Morgan fingerprint density at radius 3 is 2.81 bits per heavy atom. The van der Waals surface area contributed by atoms with Gasteiger partial charge in [0, 0.05) is 38.1 Å². The average molecular weight is 356 g/mol. The fraction of sp³-hybridized carbons (Fsp3) is 0.421. The van der Waals surface area contributed by atoms with Gasteiger partial charge in [0.05, 0.1) is 13.3 Å². The van der Waals surface area contributed by atoms with Gasteiger partial charge in [0.2, 0.25) is 0 Å². The molecule has 0 spiro atoms. The molecule has 0 bridgehead atoms. The van der Waals surface area contributed by atoms with Crippen LogP contribution in [-0.2, 0) is 4.79 Å². The number of methoxy groups -OCH3 is 1. The van der Waals surface area contributed by atoms with Gasteiger partial charge in [-0.2, -0.15) is 0 Å². The quantitative estimate of drug-likeness (QED) is 0.816. The molecule has 1 amide bonds. The highest BCUT2D eigenvalue weighted by molar-refractivity contribution is 5.77. The topological polar surface area (TPSA) is 76.6 Å². The summed E-state index contributed by atoms with van der Waals surface area (Å²) >= 11 is 0. The maximum absolute atomic E-state index is 12.0. The molecule has 0 aliphatic carbocycles. The lowest BCUT2D eigenvalue weighted by atomic mass is 9.97. The molecule has 0 radical (unpaired) electrons. The molecule has 1 fully saturated rings. The Bertz CT molecular complexity index is 703. The van der Waals surface area contributed by atoms with Crippen LogP contribution in [0.3, 0.4) is 0 Å². The van der Waals surface area contributed by atoms with E-state index in [0.717, 1.165) is 31.7 Å². The lowest BCUT2D eigenvalue weighted by Crippen LogP contribution is -2.40. The summed E-state index contributed by atoms with van der Waals surface area (Å²) in [6.07, 6.45) is 7.22. The summed E-state index contributed by atoms with van der Waals surface area (Å²) in [5.74, 6) is 2.61. The predicted octanol–water partition coefficient (Wildman–Crippen LogP) is 1.90. The van der Waals surface area contributed by atoms with Gasteiger partial charge in [-0.05, 0) is 30.9 Å². The number of nitrogens with one attached hydrogen (secondary N) is 1. The number of amides is 1. The zero-order valence-corrected chi connectivity index (χ0v) is 14.9. The first-order valence-electron chi connectivity index (χ1n) is 8.79. The molecular formula is C19H24N4O3. The van der Waals surface area contributed by atoms with Crippen molar-refractivity contribution in [2.24, 2.45) is 5.92 Å². The molecule has 1 aliphatic heterocycles. The molecule has 7 nitrogen and oxygen atoms in total. The fourth-order valence-electron chi connectivity index (χ4n) is 2.97. The van der Waals surface area contributed by atoms with Gasteiger partial charge >= 0.3 is 0 Å². The summed E-state index contributed by atoms with van der Waals surface area (Å²) in [4.78, 5) is 22.7. The summed E-state index contributed by atoms with van der Waals surface area (Å²) in [5.41, 5.74) is 0. The Balaban J connectivity index is 1.36. The van der Waals surface area contributed by atoms with Crippen LogP contribution in [0.5, 0.6) is 11.5 Å². The molecule has 1 saturated heterocycles. The summed E-state index contributed by atoms with van der Waals surface area (Å²) < 4.78 is 10.6. The highest BCUT2D eigenvalue weighted by atomic mass is 16.5. The minimum Gasteiger partial charge on any atom is -0.497 e. The van der Waals surface area contributed by atoms with Crippen LogP contribution in [0.25, 0.3) is 0 Å². The van der Waals surface area contributed by atoms with Gasteiger partial charge < -0.3 is 19.7 Å². The Morgan fingerprint density at radius 1 is 1.27 bits per heavy atom. The van der Waals surface area contributed by atoms with Crippen molar-refractivity contribution in [3.63, 3.8) is 0 Å². The van der Waals surface area contributed by atoms with Gasteiger partial charge in [0.15, 0.2) is 6.61 Å². The Labute approximate surface area is 153 Å². The van der Waals surface area contributed by atoms with E-state index in [9.17, 15) is 4.79 Å². The summed E-state index contributed by atoms with van der Waals surface area (Å²) in [5, 5.41) is 2.96. The van der Waals surface area contributed by atoms with Gasteiger partial charge in [0.1, 0.15) is 17.3 Å². The lowest BCUT2D eigenvalue weighted by molar-refractivity contribution is -0.123. The Morgan fingerprint density at radius 2 is 2.08 bits per heavy atom. The molecule has 2 heterocycles. The number of aromatic nitrogens is 2. The maximum Gasteiger partial charge on any atom is 0.257 e. The number of piperidine rings is 1. The zero-order valence-electron chi connectivity index (χ0n) is 14.9. The second-order valence-corrected chi connectivity index (χ2v) is 6.27. The highest BCUT2D eigenvalue weighted by Gasteiger charge is 2.20. The van der Waals surface area contributed by atoms with Crippen LogP contribution < -0.4 is 19.7 Å². The van der Waals surface area contributed by atoms with Crippen LogP contribution >= 0.6 is 0 Å². The van der Waals surface area contributed by atoms with E-state index in [2.05, 4.69) is 20.2 Å². The highest BCUT2D eigenvalue weighted by Crippen LogP contribution is 2.21. The number of carbonyl (C=O) groups is 1. The molecule has 1 aromatic carbocycles. The van der Waals surface area contributed by atoms with Crippen LogP contribution in [0.15, 0.2) is 42.9 Å². The number of anilines is 1. The van der Waals surface area contributed by atoms with Crippen LogP contribution in [-0.4, -0.2) is 49.2 Å². The van der Waals surface area contributed by atoms with Crippen LogP contribution in [0, 0.1) is 5.92 Å². The Kier molecular flexibility index (Phi) is 6.24. The van der Waals surface area contributed by atoms with Crippen molar-refractivity contribution in [3.8, 4) is 11.5 Å². The first-order chi connectivity index (χ1) is 12.7. The second-order valence-electron chi connectivity index (χ2n) is 6.27. The first-order valence-corrected chi connectivity index (χ1v) is 8.79. The van der Waals surface area contributed by atoms with Crippen molar-refractivity contribution >= 4 is 11.7 Å². The van der Waals surface area contributed by atoms with E-state index in [1.807, 2.05) is 12.1 Å². The van der Waals surface area contributed by atoms with Crippen molar-refractivity contribution in [1.29, 1.82) is 0 Å². The third kappa shape index (κ3) is 5.08. The SMILES string of the molecule is COc1cccc(OCC(=O)NCC2CCN(c3cnccn3)CC2)c1. The first kappa shape index (κ1) is 18.0. The number of benzene rings is 1. The predicted molar refractivity (Wildman–Crippen MR) is 98.5 cm³/mol. The molecule has 138 valence electrons. The van der Waals surface area contributed by atoms with Crippen molar-refractivity contribution in [1.82, 2.24) is 15.3 Å². The third-order valence-corrected chi connectivity index (χ3v) is 4.49. The van der Waals surface area contributed by atoms with Gasteiger partial charge in [-0.1, -0.05) is 6.07 Å². The number of nitrogens with zero attached hydrogens (tertiary/aromatic N) is 3. The largest absolute Gasteiger partial charge is 0.497 e. The lowest BCUT2D eigenvalue weighted by Gasteiger charge is -2.32. The van der Waals surface area contributed by atoms with E-state index < -0.39 is 0 Å². The molecule has 0 unspecified atom stereocenters. The van der Waals surface area contributed by atoms with Gasteiger partial charge in [-0.15, -0.1) is 0 Å². The summed E-state index contributed by atoms with van der Waals surface area (Å²) in [6, 6.07) is 7.23. The van der Waals surface area contributed by atoms with Crippen molar-refractivity contribution < 1.29 is 14.3 Å². The molecule has 1 aromatic heterocycles. The molecule has 1 aliphatic rings. The minimum absolute atomic E-state index is 0.00557. The van der Waals surface area contributed by atoms with E-state index in [1.165, 1.54) is 0 Å². The molecular weight excluding hydrogens is 332 g/mol. The molecule has 0 saturated carbocycles. The molecule has 7 heteroatoms. The number of hydrogen-bond donors (Lipinski definition) is 1. The second kappa shape index (κ2) is 9.03. The number of hydrogen-bond acceptors (Lipinski definition) is 6. The van der Waals surface area contributed by atoms with E-state index in [4.69, 9.17) is 9.47 Å². The smallest absolute Gasteiger partial charge is 0.257 e. The summed E-state index contributed by atoms with van der Waals surface area (Å²) in [7, 11) is 1.60. The summed E-state index contributed by atoms with van der Waals surface area (Å²) in [6.45, 7) is 2.54. The van der Waals surface area contributed by atoms with E-state index in [1.54, 1.807) is 37.8 Å². The van der Waals surface area contributed by atoms with Gasteiger partial charge in [0.25, 0.3) is 5.91 Å². The van der Waals surface area contributed by atoms with Crippen LogP contribution in [0.2, 0.25) is 0 Å². The van der Waals surface area contributed by atoms with Gasteiger partial charge in [-0.3, -0.25) is 9.78 Å². The average Bonchev–Trinajstić information content (AvgIpc) is 2.72. The number of ether oxygens (including phenoxy) is 2. The monoisotopic (exact) mass is 356 g/mol. The molecule has 2 aromatic rings. The molecule has 26 heavy (non-hydrogen) atoms. The molecule has 0 atom stereocenters. The van der Waals surface area contributed by atoms with E-state index >= 15 is 0 Å². The fourth-order valence-corrected chi connectivity index (χ4v) is 2.97. The van der Waals surface area contributed by atoms with E-state index in [-0.39, 0.29) is 12.5 Å². The minimum atomic E-state index is -0.107. The third-order valence-electron chi connectivity index (χ3n) is 4.49. The Hall–Kier alpha value is -2.83. The van der Waals surface area contributed by atoms with E-state index in [0.29, 0.717) is 24.0 Å². The number of carbonyl (C=O) groups excluding carboxylic acids is 1. The van der Waals surface area contributed by atoms with Crippen LogP contribution in [0.1, 0.15) is 12.8 Å². The molecule has 3 rings (SSSR count). The normalized spacial score (nSPS) is 14.7.